The maximum Gasteiger partial charge on any atom is 0.306 e. The van der Waals surface area contributed by atoms with Gasteiger partial charge >= 0.3 is 5.97 Å². The van der Waals surface area contributed by atoms with Gasteiger partial charge in [-0.15, -0.1) is 0 Å². The second-order valence-electron chi connectivity index (χ2n) is 4.47. The van der Waals surface area contributed by atoms with Crippen LogP contribution in [0.2, 0.25) is 5.02 Å². The van der Waals surface area contributed by atoms with E-state index >= 15 is 0 Å². The SMILES string of the molecule is COC(=O)CC(C)(c1ccc(Cl)cc1)C(C)N. The molecule has 0 aliphatic rings. The van der Waals surface area contributed by atoms with Crippen LogP contribution in [0, 0.1) is 0 Å². The molecule has 1 aromatic carbocycles. The summed E-state index contributed by atoms with van der Waals surface area (Å²) in [5.74, 6) is -0.264. The zero-order valence-corrected chi connectivity index (χ0v) is 11.1. The average Bonchev–Trinajstić information content (AvgIpc) is 2.29. The van der Waals surface area contributed by atoms with E-state index in [0.717, 1.165) is 5.56 Å². The standard InChI is InChI=1S/C13H18ClNO2/c1-9(15)13(2,8-12(16)17-3)10-4-6-11(14)7-5-10/h4-7,9H,8,15H2,1-3H3. The van der Waals surface area contributed by atoms with Gasteiger partial charge in [0, 0.05) is 16.5 Å². The van der Waals surface area contributed by atoms with Gasteiger partial charge in [0.1, 0.15) is 0 Å². The average molecular weight is 256 g/mol. The van der Waals surface area contributed by atoms with E-state index < -0.39 is 5.41 Å². The van der Waals surface area contributed by atoms with Crippen molar-refractivity contribution in [3.05, 3.63) is 34.9 Å². The summed E-state index contributed by atoms with van der Waals surface area (Å²) in [5, 5.41) is 0.666. The third kappa shape index (κ3) is 3.20. The highest BCUT2D eigenvalue weighted by molar-refractivity contribution is 6.30. The Kier molecular flexibility index (Phi) is 4.54. The molecular formula is C13H18ClNO2. The summed E-state index contributed by atoms with van der Waals surface area (Å²) in [4.78, 5) is 11.5. The Balaban J connectivity index is 3.07. The fourth-order valence-electron chi connectivity index (χ4n) is 1.73. The van der Waals surface area contributed by atoms with Gasteiger partial charge in [0.2, 0.25) is 0 Å². The van der Waals surface area contributed by atoms with Crippen LogP contribution in [-0.4, -0.2) is 19.1 Å². The van der Waals surface area contributed by atoms with Gasteiger partial charge in [0.05, 0.1) is 13.5 Å². The van der Waals surface area contributed by atoms with E-state index in [2.05, 4.69) is 0 Å². The second kappa shape index (κ2) is 5.52. The first-order chi connectivity index (χ1) is 7.90. The molecule has 0 fully saturated rings. The molecule has 1 aromatic rings. The van der Waals surface area contributed by atoms with Crippen LogP contribution >= 0.6 is 11.6 Å². The van der Waals surface area contributed by atoms with Crippen molar-refractivity contribution in [1.82, 2.24) is 0 Å². The van der Waals surface area contributed by atoms with Crippen LogP contribution in [0.4, 0.5) is 0 Å². The highest BCUT2D eigenvalue weighted by atomic mass is 35.5. The highest BCUT2D eigenvalue weighted by Crippen LogP contribution is 2.31. The van der Waals surface area contributed by atoms with Gasteiger partial charge in [0.15, 0.2) is 0 Å². The van der Waals surface area contributed by atoms with Crippen molar-refractivity contribution >= 4 is 17.6 Å². The Morgan fingerprint density at radius 3 is 2.41 bits per heavy atom. The fraction of sp³-hybridized carbons (Fsp3) is 0.462. The zero-order valence-electron chi connectivity index (χ0n) is 10.4. The molecule has 2 atom stereocenters. The molecule has 0 bridgehead atoms. The van der Waals surface area contributed by atoms with Crippen LogP contribution in [0.3, 0.4) is 0 Å². The Bertz CT molecular complexity index is 389. The molecule has 0 aliphatic carbocycles. The molecule has 1 rings (SSSR count). The van der Waals surface area contributed by atoms with Crippen molar-refractivity contribution in [2.75, 3.05) is 7.11 Å². The maximum atomic E-state index is 11.5. The number of ether oxygens (including phenoxy) is 1. The van der Waals surface area contributed by atoms with Crippen LogP contribution < -0.4 is 5.73 Å². The van der Waals surface area contributed by atoms with Crippen molar-refractivity contribution < 1.29 is 9.53 Å². The molecule has 0 spiro atoms. The topological polar surface area (TPSA) is 52.3 Å². The van der Waals surface area contributed by atoms with Crippen LogP contribution in [0.5, 0.6) is 0 Å². The molecule has 0 saturated heterocycles. The first-order valence-corrected chi connectivity index (χ1v) is 5.86. The molecule has 2 unspecified atom stereocenters. The van der Waals surface area contributed by atoms with E-state index in [4.69, 9.17) is 22.1 Å². The van der Waals surface area contributed by atoms with Gasteiger partial charge in [-0.25, -0.2) is 0 Å². The van der Waals surface area contributed by atoms with Gasteiger partial charge in [-0.2, -0.15) is 0 Å². The summed E-state index contributed by atoms with van der Waals surface area (Å²) in [7, 11) is 1.38. The lowest BCUT2D eigenvalue weighted by atomic mass is 9.74. The lowest BCUT2D eigenvalue weighted by molar-refractivity contribution is -0.142. The molecule has 0 heterocycles. The number of carbonyl (C=O) groups is 1. The van der Waals surface area contributed by atoms with Crippen LogP contribution in [0.25, 0.3) is 0 Å². The van der Waals surface area contributed by atoms with Gasteiger partial charge < -0.3 is 10.5 Å². The molecule has 17 heavy (non-hydrogen) atoms. The first kappa shape index (κ1) is 14.0. The van der Waals surface area contributed by atoms with Crippen molar-refractivity contribution in [1.29, 1.82) is 0 Å². The molecule has 0 aliphatic heterocycles. The molecule has 2 N–H and O–H groups in total. The summed E-state index contributed by atoms with van der Waals surface area (Å²) in [6, 6.07) is 7.23. The van der Waals surface area contributed by atoms with Crippen molar-refractivity contribution in [3.8, 4) is 0 Å². The Labute approximate surface area is 107 Å². The Hall–Kier alpha value is -1.06. The third-order valence-electron chi connectivity index (χ3n) is 3.25. The quantitative estimate of drug-likeness (QED) is 0.841. The zero-order chi connectivity index (χ0) is 13.1. The lowest BCUT2D eigenvalue weighted by Crippen LogP contribution is -2.42. The second-order valence-corrected chi connectivity index (χ2v) is 4.90. The van der Waals surface area contributed by atoms with E-state index in [1.54, 1.807) is 12.1 Å². The number of nitrogens with two attached hydrogens (primary N) is 1. The summed E-state index contributed by atoms with van der Waals surface area (Å²) in [6.07, 6.45) is 0.253. The monoisotopic (exact) mass is 255 g/mol. The number of hydrogen-bond acceptors (Lipinski definition) is 3. The normalized spacial score (nSPS) is 16.1. The molecule has 94 valence electrons. The van der Waals surface area contributed by atoms with Gasteiger partial charge in [-0.3, -0.25) is 4.79 Å². The number of rotatable bonds is 4. The van der Waals surface area contributed by atoms with E-state index in [9.17, 15) is 4.79 Å². The van der Waals surface area contributed by atoms with Gasteiger partial charge in [-0.1, -0.05) is 30.7 Å². The molecule has 0 aromatic heterocycles. The van der Waals surface area contributed by atoms with E-state index in [-0.39, 0.29) is 18.4 Å². The lowest BCUT2D eigenvalue weighted by Gasteiger charge is -2.33. The molecule has 0 saturated carbocycles. The minimum absolute atomic E-state index is 0.164. The number of benzene rings is 1. The van der Waals surface area contributed by atoms with Crippen LogP contribution in [0.15, 0.2) is 24.3 Å². The number of halogens is 1. The molecule has 4 heteroatoms. The summed E-state index contributed by atoms with van der Waals surface area (Å²) in [6.45, 7) is 3.84. The van der Waals surface area contributed by atoms with Crippen molar-refractivity contribution in [3.63, 3.8) is 0 Å². The summed E-state index contributed by atoms with van der Waals surface area (Å²) < 4.78 is 4.72. The molecular weight excluding hydrogens is 238 g/mol. The molecule has 0 radical (unpaired) electrons. The molecule has 3 nitrogen and oxygen atoms in total. The third-order valence-corrected chi connectivity index (χ3v) is 3.50. The van der Waals surface area contributed by atoms with Crippen LogP contribution in [0.1, 0.15) is 25.8 Å². The smallest absolute Gasteiger partial charge is 0.306 e. The summed E-state index contributed by atoms with van der Waals surface area (Å²) >= 11 is 5.85. The van der Waals surface area contributed by atoms with Crippen molar-refractivity contribution in [2.24, 2.45) is 5.73 Å². The highest BCUT2D eigenvalue weighted by Gasteiger charge is 2.33. The van der Waals surface area contributed by atoms with E-state index in [0.29, 0.717) is 5.02 Å². The fourth-order valence-corrected chi connectivity index (χ4v) is 1.85. The largest absolute Gasteiger partial charge is 0.469 e. The minimum Gasteiger partial charge on any atom is -0.469 e. The predicted molar refractivity (Wildman–Crippen MR) is 69.1 cm³/mol. The van der Waals surface area contributed by atoms with E-state index in [1.165, 1.54) is 7.11 Å². The Morgan fingerprint density at radius 2 is 2.00 bits per heavy atom. The van der Waals surface area contributed by atoms with Gasteiger partial charge in [0.25, 0.3) is 0 Å². The summed E-state index contributed by atoms with van der Waals surface area (Å²) in [5.41, 5.74) is 6.54. The number of hydrogen-bond donors (Lipinski definition) is 1. The van der Waals surface area contributed by atoms with Crippen LogP contribution in [-0.2, 0) is 14.9 Å². The maximum absolute atomic E-state index is 11.5. The Morgan fingerprint density at radius 1 is 1.47 bits per heavy atom. The minimum atomic E-state index is -0.447. The molecule has 0 amide bonds. The van der Waals surface area contributed by atoms with Gasteiger partial charge in [-0.05, 0) is 24.6 Å². The number of methoxy groups -OCH3 is 1. The number of carbonyl (C=O) groups excluding carboxylic acids is 1. The first-order valence-electron chi connectivity index (χ1n) is 5.48. The predicted octanol–water partition coefficient (Wildman–Crippen LogP) is 2.51. The number of esters is 1. The van der Waals surface area contributed by atoms with E-state index in [1.807, 2.05) is 26.0 Å². The van der Waals surface area contributed by atoms with Crippen molar-refractivity contribution in [2.45, 2.75) is 31.7 Å².